The van der Waals surface area contributed by atoms with Crippen molar-refractivity contribution in [3.8, 4) is 11.4 Å². The molecule has 1 aliphatic rings. The van der Waals surface area contributed by atoms with Crippen LogP contribution in [0.3, 0.4) is 0 Å². The number of aromatic nitrogens is 6. The molecule has 0 bridgehead atoms. The molecule has 1 amide bonds. The molecule has 4 aromatic rings. The quantitative estimate of drug-likeness (QED) is 0.338. The van der Waals surface area contributed by atoms with Gasteiger partial charge in [0.2, 0.25) is 5.28 Å². The van der Waals surface area contributed by atoms with Gasteiger partial charge in [0.1, 0.15) is 11.4 Å². The third kappa shape index (κ3) is 5.10. The third-order valence-electron chi connectivity index (χ3n) is 5.82. The summed E-state index contributed by atoms with van der Waals surface area (Å²) in [5.74, 6) is 0.196. The molecule has 0 N–H and O–H groups in total. The van der Waals surface area contributed by atoms with Crippen LogP contribution >= 0.6 is 11.6 Å². The van der Waals surface area contributed by atoms with Crippen LogP contribution in [-0.2, 0) is 30.5 Å². The van der Waals surface area contributed by atoms with Crippen LogP contribution < -0.4 is 0 Å². The zero-order valence-corrected chi connectivity index (χ0v) is 21.0. The summed E-state index contributed by atoms with van der Waals surface area (Å²) in [5.41, 5.74) is 0.150. The van der Waals surface area contributed by atoms with Crippen LogP contribution in [-0.4, -0.2) is 52.4 Å². The van der Waals surface area contributed by atoms with Gasteiger partial charge in [-0.05, 0) is 37.9 Å². The molecule has 0 saturated carbocycles. The highest BCUT2D eigenvalue weighted by Crippen LogP contribution is 2.36. The van der Waals surface area contributed by atoms with Gasteiger partial charge in [-0.1, -0.05) is 24.3 Å². The smallest absolute Gasteiger partial charge is 0.435 e. The van der Waals surface area contributed by atoms with Gasteiger partial charge in [-0.3, -0.25) is 0 Å². The molecule has 0 spiro atoms. The summed E-state index contributed by atoms with van der Waals surface area (Å²) in [6.07, 6.45) is -2.11. The van der Waals surface area contributed by atoms with E-state index >= 15 is 0 Å². The summed E-state index contributed by atoms with van der Waals surface area (Å²) in [4.78, 5) is 25.9. The monoisotopic (exact) mass is 533 g/mol. The Bertz CT molecular complexity index is 1470. The fourth-order valence-electron chi connectivity index (χ4n) is 4.19. The van der Waals surface area contributed by atoms with Crippen molar-refractivity contribution >= 4 is 28.7 Å². The number of benzene rings is 1. The largest absolute Gasteiger partial charge is 0.444 e. The van der Waals surface area contributed by atoms with Crippen LogP contribution in [0.2, 0.25) is 5.28 Å². The number of imidazole rings is 1. The van der Waals surface area contributed by atoms with Crippen LogP contribution in [0, 0.1) is 0 Å². The first-order valence-electron chi connectivity index (χ1n) is 11.5. The van der Waals surface area contributed by atoms with Crippen molar-refractivity contribution in [1.82, 2.24) is 34.2 Å². The number of halogens is 4. The van der Waals surface area contributed by atoms with E-state index in [0.29, 0.717) is 17.8 Å². The number of hydrogen-bond donors (Lipinski definition) is 0. The number of nitrogens with zero attached hydrogens (tertiary/aromatic N) is 7. The Labute approximate surface area is 214 Å². The Kier molecular flexibility index (Phi) is 6.09. The minimum atomic E-state index is -4.67. The summed E-state index contributed by atoms with van der Waals surface area (Å²) in [7, 11) is 0. The molecule has 3 aromatic heterocycles. The van der Waals surface area contributed by atoms with E-state index in [1.54, 1.807) is 62.1 Å². The number of rotatable bonds is 3. The average Bonchev–Trinajstić information content (AvgIpc) is 3.39. The van der Waals surface area contributed by atoms with E-state index < -0.39 is 23.6 Å². The maximum absolute atomic E-state index is 13.9. The molecule has 9 nitrogen and oxygen atoms in total. The van der Waals surface area contributed by atoms with Crippen LogP contribution in [0.15, 0.2) is 36.7 Å². The summed E-state index contributed by atoms with van der Waals surface area (Å²) >= 11 is 5.90. The first kappa shape index (κ1) is 25.0. The van der Waals surface area contributed by atoms with E-state index in [9.17, 15) is 18.0 Å². The van der Waals surface area contributed by atoms with E-state index in [-0.39, 0.29) is 36.4 Å². The van der Waals surface area contributed by atoms with Crippen molar-refractivity contribution in [2.45, 2.75) is 52.2 Å². The van der Waals surface area contributed by atoms with Crippen molar-refractivity contribution in [1.29, 1.82) is 0 Å². The summed E-state index contributed by atoms with van der Waals surface area (Å²) in [6, 6.07) is 7.05. The number of alkyl halides is 3. The van der Waals surface area contributed by atoms with Gasteiger partial charge in [-0.2, -0.15) is 23.3 Å². The third-order valence-corrected chi connectivity index (χ3v) is 6.00. The number of carbonyl (C=O) groups is 1. The number of hydrogen-bond acceptors (Lipinski definition) is 6. The molecule has 0 fully saturated rings. The Morgan fingerprint density at radius 1 is 1.08 bits per heavy atom. The highest BCUT2D eigenvalue weighted by molar-refractivity contribution is 6.28. The fourth-order valence-corrected chi connectivity index (χ4v) is 4.32. The maximum Gasteiger partial charge on any atom is 0.435 e. The van der Waals surface area contributed by atoms with E-state index in [1.807, 2.05) is 0 Å². The minimum absolute atomic E-state index is 0.0664. The van der Waals surface area contributed by atoms with Gasteiger partial charge in [-0.15, -0.1) is 0 Å². The Morgan fingerprint density at radius 3 is 2.49 bits per heavy atom. The molecule has 5 rings (SSSR count). The fraction of sp³-hybridized carbons (Fsp3) is 0.375. The molecule has 1 aromatic carbocycles. The summed E-state index contributed by atoms with van der Waals surface area (Å²) in [5, 5.41) is 5.17. The van der Waals surface area contributed by atoms with Crippen molar-refractivity contribution in [2.75, 3.05) is 6.54 Å². The van der Waals surface area contributed by atoms with E-state index in [0.717, 1.165) is 10.9 Å². The van der Waals surface area contributed by atoms with Gasteiger partial charge >= 0.3 is 12.3 Å². The lowest BCUT2D eigenvalue weighted by atomic mass is 10.1. The van der Waals surface area contributed by atoms with Crippen LogP contribution in [0.4, 0.5) is 18.0 Å². The lowest BCUT2D eigenvalue weighted by Gasteiger charge is -2.31. The standard InChI is InChI=1S/C24H23ClF3N7O2/c1-23(2,3)37-22(36)33-8-9-34-17(13-33)18(24(26,27)28)31-19(34)15-6-4-14(5-7-15)12-35-20-16(11-30-35)10-29-21(25)32-20/h4-7,10-11H,8-9,12-13H2,1-3H3. The molecular formula is C24H23ClF3N7O2. The van der Waals surface area contributed by atoms with Gasteiger partial charge in [0.15, 0.2) is 11.3 Å². The van der Waals surface area contributed by atoms with Crippen LogP contribution in [0.1, 0.15) is 37.7 Å². The number of fused-ring (bicyclic) bond motifs is 2. The predicted octanol–water partition coefficient (Wildman–Crippen LogP) is 5.16. The number of carbonyl (C=O) groups excluding carboxylic acids is 1. The first-order chi connectivity index (χ1) is 17.4. The van der Waals surface area contributed by atoms with Crippen molar-refractivity contribution in [3.63, 3.8) is 0 Å². The predicted molar refractivity (Wildman–Crippen MR) is 129 cm³/mol. The molecule has 0 atom stereocenters. The molecule has 13 heteroatoms. The topological polar surface area (TPSA) is 91.0 Å². The molecule has 194 valence electrons. The van der Waals surface area contributed by atoms with Crippen molar-refractivity contribution in [3.05, 3.63) is 58.9 Å². The van der Waals surface area contributed by atoms with Crippen molar-refractivity contribution in [2.24, 2.45) is 0 Å². The van der Waals surface area contributed by atoms with Gasteiger partial charge in [0, 0.05) is 24.8 Å². The highest BCUT2D eigenvalue weighted by atomic mass is 35.5. The summed E-state index contributed by atoms with van der Waals surface area (Å²) in [6.45, 7) is 5.63. The van der Waals surface area contributed by atoms with Gasteiger partial charge < -0.3 is 14.2 Å². The lowest BCUT2D eigenvalue weighted by molar-refractivity contribution is -0.142. The van der Waals surface area contributed by atoms with Crippen LogP contribution in [0.5, 0.6) is 0 Å². The second-order valence-electron chi connectivity index (χ2n) is 9.70. The average molecular weight is 534 g/mol. The number of ether oxygens (including phenoxy) is 1. The molecule has 0 unspecified atom stereocenters. The van der Waals surface area contributed by atoms with Gasteiger partial charge in [0.05, 0.1) is 30.4 Å². The normalized spacial score (nSPS) is 14.2. The molecule has 0 aliphatic carbocycles. The zero-order valence-electron chi connectivity index (χ0n) is 20.3. The van der Waals surface area contributed by atoms with E-state index in [4.69, 9.17) is 16.3 Å². The Balaban J connectivity index is 1.43. The second kappa shape index (κ2) is 9.02. The molecule has 0 saturated heterocycles. The van der Waals surface area contributed by atoms with Crippen molar-refractivity contribution < 1.29 is 22.7 Å². The summed E-state index contributed by atoms with van der Waals surface area (Å²) < 4.78 is 50.2. The molecule has 0 radical (unpaired) electrons. The minimum Gasteiger partial charge on any atom is -0.444 e. The van der Waals surface area contributed by atoms with Gasteiger partial charge in [0.25, 0.3) is 0 Å². The molecule has 4 heterocycles. The SMILES string of the molecule is CC(C)(C)OC(=O)N1CCn2c(-c3ccc(Cn4ncc5cnc(Cl)nc54)cc3)nc(C(F)(F)F)c2C1. The highest BCUT2D eigenvalue weighted by Gasteiger charge is 2.41. The molecule has 37 heavy (non-hydrogen) atoms. The van der Waals surface area contributed by atoms with Gasteiger partial charge in [-0.25, -0.2) is 19.4 Å². The Morgan fingerprint density at radius 2 is 1.81 bits per heavy atom. The molecule has 1 aliphatic heterocycles. The maximum atomic E-state index is 13.9. The van der Waals surface area contributed by atoms with E-state index in [1.165, 1.54) is 9.47 Å². The molecular weight excluding hydrogens is 511 g/mol. The van der Waals surface area contributed by atoms with Crippen LogP contribution in [0.25, 0.3) is 22.4 Å². The zero-order chi connectivity index (χ0) is 26.5. The first-order valence-corrected chi connectivity index (χ1v) is 11.8. The van der Waals surface area contributed by atoms with E-state index in [2.05, 4.69) is 20.1 Å². The lowest BCUT2D eigenvalue weighted by Crippen LogP contribution is -2.42. The number of amides is 1. The second-order valence-corrected chi connectivity index (χ2v) is 10.0. The Hall–Kier alpha value is -3.67.